The average molecular weight is 246 g/mol. The molecule has 0 saturated carbocycles. The van der Waals surface area contributed by atoms with E-state index in [2.05, 4.69) is 0 Å². The fraction of sp³-hybridized carbons (Fsp3) is 0. The van der Waals surface area contributed by atoms with Crippen molar-refractivity contribution in [2.75, 3.05) is 0 Å². The molecule has 5 heavy (non-hydrogen) atoms. The molecule has 0 aliphatic heterocycles. The fourth-order valence-electron chi connectivity index (χ4n) is 0. The molecule has 0 rings (SSSR count). The Bertz CT molecular complexity index is 28.6. The number of hydrogen-bond acceptors (Lipinski definition) is 2. The van der Waals surface area contributed by atoms with E-state index in [1.165, 1.54) is 0 Å². The van der Waals surface area contributed by atoms with Gasteiger partial charge >= 0.3 is 25.3 Å². The van der Waals surface area contributed by atoms with Gasteiger partial charge < -0.3 is 14.9 Å². The van der Waals surface area contributed by atoms with Gasteiger partial charge in [-0.15, -0.1) is 0 Å². The van der Waals surface area contributed by atoms with Crippen molar-refractivity contribution in [3.05, 3.63) is 14.9 Å². The average Bonchev–Trinajstić information content (AvgIpc) is 0.918. The number of rotatable bonds is 0. The zero-order valence-corrected chi connectivity index (χ0v) is 6.16. The zero-order valence-electron chi connectivity index (χ0n) is 3.22. The quantitative estimate of drug-likeness (QED) is 0.588. The SMILES string of the molecule is [CH3-].[CH3-].[O]=[W]=[O]. The second-order valence-corrected chi connectivity index (χ2v) is 0.557. The number of hydrogen-bond donors (Lipinski definition) is 0. The van der Waals surface area contributed by atoms with Gasteiger partial charge in [0.2, 0.25) is 0 Å². The molecule has 0 atom stereocenters. The van der Waals surface area contributed by atoms with Crippen molar-refractivity contribution in [2.45, 2.75) is 0 Å². The van der Waals surface area contributed by atoms with Crippen LogP contribution in [0.4, 0.5) is 0 Å². The van der Waals surface area contributed by atoms with Crippen LogP contribution in [0, 0.1) is 14.9 Å². The van der Waals surface area contributed by atoms with Crippen molar-refractivity contribution < 1.29 is 25.3 Å². The summed E-state index contributed by atoms with van der Waals surface area (Å²) in [5.74, 6) is 0. The summed E-state index contributed by atoms with van der Waals surface area (Å²) in [4.78, 5) is 0. The van der Waals surface area contributed by atoms with Gasteiger partial charge in [-0.2, -0.15) is 0 Å². The van der Waals surface area contributed by atoms with Gasteiger partial charge in [0.25, 0.3) is 0 Å². The summed E-state index contributed by atoms with van der Waals surface area (Å²) >= 11 is -2.25. The van der Waals surface area contributed by atoms with E-state index >= 15 is 0 Å². The maximum atomic E-state index is 8.54. The van der Waals surface area contributed by atoms with Crippen LogP contribution in [0.3, 0.4) is 0 Å². The third-order valence-corrected chi connectivity index (χ3v) is 0. The Kier molecular flexibility index (Phi) is 104. The third kappa shape index (κ3) is 270. The van der Waals surface area contributed by atoms with Gasteiger partial charge in [-0.1, -0.05) is 0 Å². The summed E-state index contributed by atoms with van der Waals surface area (Å²) in [5.41, 5.74) is 0. The summed E-state index contributed by atoms with van der Waals surface area (Å²) in [6, 6.07) is 0. The van der Waals surface area contributed by atoms with Gasteiger partial charge in [0.1, 0.15) is 0 Å². The molecule has 0 radical (unpaired) electrons. The molecule has 0 aliphatic carbocycles. The molecule has 0 spiro atoms. The van der Waals surface area contributed by atoms with Crippen LogP contribution in [0.5, 0.6) is 0 Å². The fourth-order valence-corrected chi connectivity index (χ4v) is 0. The van der Waals surface area contributed by atoms with Crippen molar-refractivity contribution in [3.8, 4) is 0 Å². The van der Waals surface area contributed by atoms with Crippen molar-refractivity contribution in [1.82, 2.24) is 0 Å². The van der Waals surface area contributed by atoms with Gasteiger partial charge in [-0.25, -0.2) is 0 Å². The molecule has 0 unspecified atom stereocenters. The minimum atomic E-state index is -2.25. The normalized spacial score (nSPS) is 2.40. The predicted molar refractivity (Wildman–Crippen MR) is 14.2 cm³/mol. The Labute approximate surface area is 40.7 Å². The second-order valence-electron chi connectivity index (χ2n) is 0.0680. The molecule has 0 fully saturated rings. The van der Waals surface area contributed by atoms with Crippen LogP contribution in [0.2, 0.25) is 0 Å². The molecule has 0 aliphatic rings. The summed E-state index contributed by atoms with van der Waals surface area (Å²) in [7, 11) is 0. The first-order valence-corrected chi connectivity index (χ1v) is 2.73. The van der Waals surface area contributed by atoms with Crippen LogP contribution in [-0.2, 0) is 25.3 Å². The first kappa shape index (κ1) is 18.6. The molecule has 0 saturated heterocycles. The minimum absolute atomic E-state index is 0. The predicted octanol–water partition coefficient (Wildman–Crippen LogP) is 0.660. The molecule has 0 aromatic rings. The van der Waals surface area contributed by atoms with Crippen LogP contribution in [0.15, 0.2) is 0 Å². The van der Waals surface area contributed by atoms with Crippen molar-refractivity contribution in [1.29, 1.82) is 0 Å². The Morgan fingerprint density at radius 1 is 1.00 bits per heavy atom. The Hall–Kier alpha value is 0.288. The van der Waals surface area contributed by atoms with E-state index in [0.717, 1.165) is 0 Å². The standard InChI is InChI=1S/2CH3.2O.W/h2*1H3;;;/q2*-1;;;. The van der Waals surface area contributed by atoms with E-state index in [0.29, 0.717) is 0 Å². The van der Waals surface area contributed by atoms with Gasteiger partial charge in [0.05, 0.1) is 0 Å². The molecule has 0 amide bonds. The van der Waals surface area contributed by atoms with Crippen molar-refractivity contribution in [2.24, 2.45) is 0 Å². The summed E-state index contributed by atoms with van der Waals surface area (Å²) in [5, 5.41) is 0. The van der Waals surface area contributed by atoms with E-state index in [9.17, 15) is 0 Å². The molecule has 3 heteroatoms. The maximum absolute atomic E-state index is 8.54. The van der Waals surface area contributed by atoms with Crippen LogP contribution >= 0.6 is 0 Å². The molecule has 0 heterocycles. The van der Waals surface area contributed by atoms with Crippen molar-refractivity contribution >= 4 is 0 Å². The van der Waals surface area contributed by atoms with Crippen LogP contribution < -0.4 is 0 Å². The van der Waals surface area contributed by atoms with E-state index < -0.39 is 18.5 Å². The van der Waals surface area contributed by atoms with E-state index in [-0.39, 0.29) is 14.9 Å². The molecular formula is C2H6O2W-2. The summed E-state index contributed by atoms with van der Waals surface area (Å²) in [6.07, 6.45) is 0. The van der Waals surface area contributed by atoms with Crippen LogP contribution in [-0.4, -0.2) is 0 Å². The summed E-state index contributed by atoms with van der Waals surface area (Å²) < 4.78 is 17.1. The Balaban J connectivity index is -0.0000000200. The third-order valence-electron chi connectivity index (χ3n) is 0. The topological polar surface area (TPSA) is 34.1 Å². The van der Waals surface area contributed by atoms with Gasteiger partial charge in [0.15, 0.2) is 0 Å². The van der Waals surface area contributed by atoms with Gasteiger partial charge in [-0.05, 0) is 0 Å². The molecule has 0 aromatic carbocycles. The first-order valence-electron chi connectivity index (χ1n) is 0.333. The van der Waals surface area contributed by atoms with E-state index in [1.54, 1.807) is 0 Å². The van der Waals surface area contributed by atoms with Gasteiger partial charge in [0, 0.05) is 0 Å². The first-order chi connectivity index (χ1) is 1.41. The van der Waals surface area contributed by atoms with E-state index in [4.69, 9.17) is 6.80 Å². The zero-order chi connectivity index (χ0) is 2.71. The van der Waals surface area contributed by atoms with Crippen molar-refractivity contribution in [3.63, 3.8) is 0 Å². The van der Waals surface area contributed by atoms with Crippen LogP contribution in [0.25, 0.3) is 0 Å². The Morgan fingerprint density at radius 2 is 1.00 bits per heavy atom. The van der Waals surface area contributed by atoms with Crippen LogP contribution in [0.1, 0.15) is 0 Å². The van der Waals surface area contributed by atoms with Gasteiger partial charge in [-0.3, -0.25) is 0 Å². The molecule has 34 valence electrons. The monoisotopic (exact) mass is 246 g/mol. The molecule has 0 aromatic heterocycles. The molecule has 0 N–H and O–H groups in total. The molecule has 2 nitrogen and oxygen atoms in total. The Morgan fingerprint density at radius 3 is 1.00 bits per heavy atom. The van der Waals surface area contributed by atoms with E-state index in [1.807, 2.05) is 0 Å². The summed E-state index contributed by atoms with van der Waals surface area (Å²) in [6.45, 7) is 0. The second kappa shape index (κ2) is 27.9. The molecule has 0 bridgehead atoms. The molecular weight excluding hydrogens is 240 g/mol.